The van der Waals surface area contributed by atoms with Gasteiger partial charge in [-0.1, -0.05) is 19.3 Å². The Kier molecular flexibility index (Phi) is 3.07. The summed E-state index contributed by atoms with van der Waals surface area (Å²) in [6.45, 7) is 0. The van der Waals surface area contributed by atoms with Crippen molar-refractivity contribution in [2.24, 2.45) is 0 Å². The van der Waals surface area contributed by atoms with Gasteiger partial charge in [0.05, 0.1) is 6.07 Å². The van der Waals surface area contributed by atoms with Crippen molar-refractivity contribution in [2.45, 2.75) is 43.8 Å². The van der Waals surface area contributed by atoms with Crippen LogP contribution in [-0.4, -0.2) is 23.9 Å². The molecule has 0 amide bonds. The van der Waals surface area contributed by atoms with Crippen LogP contribution in [0.4, 0.5) is 0 Å². The Labute approximate surface area is 73.0 Å². The van der Waals surface area contributed by atoms with Crippen molar-refractivity contribution >= 4 is 0 Å². The number of rotatable bonds is 2. The Morgan fingerprint density at radius 2 is 2.00 bits per heavy atom. The molecule has 1 aliphatic carbocycles. The molecule has 1 unspecified atom stereocenters. The van der Waals surface area contributed by atoms with Crippen molar-refractivity contribution in [1.29, 1.82) is 5.26 Å². The molecule has 1 rings (SSSR count). The highest BCUT2D eigenvalue weighted by Gasteiger charge is 2.39. The quantitative estimate of drug-likeness (QED) is 0.632. The smallest absolute Gasteiger partial charge is 0.169 e. The molecular weight excluding hydrogens is 154 g/mol. The highest BCUT2D eigenvalue weighted by atomic mass is 16.5. The van der Waals surface area contributed by atoms with Gasteiger partial charge in [0, 0.05) is 7.11 Å². The molecule has 1 fully saturated rings. The van der Waals surface area contributed by atoms with E-state index in [0.717, 1.165) is 25.7 Å². The van der Waals surface area contributed by atoms with Crippen molar-refractivity contribution in [3.05, 3.63) is 0 Å². The molecule has 0 bridgehead atoms. The van der Waals surface area contributed by atoms with Crippen molar-refractivity contribution in [2.75, 3.05) is 7.11 Å². The minimum atomic E-state index is -0.970. The zero-order valence-electron chi connectivity index (χ0n) is 7.42. The topological polar surface area (TPSA) is 53.2 Å². The fourth-order valence-corrected chi connectivity index (χ4v) is 1.86. The molecule has 0 aromatic carbocycles. The molecule has 0 saturated heterocycles. The van der Waals surface area contributed by atoms with Gasteiger partial charge < -0.3 is 9.84 Å². The van der Waals surface area contributed by atoms with E-state index in [1.165, 1.54) is 6.42 Å². The number of ether oxygens (including phenoxy) is 1. The van der Waals surface area contributed by atoms with Crippen LogP contribution in [0.1, 0.15) is 32.1 Å². The van der Waals surface area contributed by atoms with Crippen LogP contribution in [-0.2, 0) is 4.74 Å². The number of hydrogen-bond acceptors (Lipinski definition) is 3. The maximum absolute atomic E-state index is 9.45. The van der Waals surface area contributed by atoms with Gasteiger partial charge in [-0.3, -0.25) is 0 Å². The van der Waals surface area contributed by atoms with E-state index in [1.54, 1.807) is 7.11 Å². The lowest BCUT2D eigenvalue weighted by Gasteiger charge is -2.36. The standard InChI is InChI=1S/C9H15NO2/c1-12-9(8(11)7-10)5-3-2-4-6-9/h8,11H,2-6H2,1H3. The van der Waals surface area contributed by atoms with Gasteiger partial charge in [0.1, 0.15) is 5.60 Å². The van der Waals surface area contributed by atoms with Crippen LogP contribution in [0.5, 0.6) is 0 Å². The summed E-state index contributed by atoms with van der Waals surface area (Å²) in [7, 11) is 1.58. The second kappa shape index (κ2) is 3.88. The maximum Gasteiger partial charge on any atom is 0.169 e. The molecule has 0 aromatic heterocycles. The summed E-state index contributed by atoms with van der Waals surface area (Å²) in [6, 6.07) is 1.86. The normalized spacial score (nSPS) is 24.4. The molecule has 0 aromatic rings. The number of aliphatic hydroxyl groups is 1. The van der Waals surface area contributed by atoms with Gasteiger partial charge in [-0.2, -0.15) is 5.26 Å². The number of nitriles is 1. The zero-order valence-corrected chi connectivity index (χ0v) is 7.42. The number of nitrogens with zero attached hydrogens (tertiary/aromatic N) is 1. The Hall–Kier alpha value is -0.590. The third-order valence-electron chi connectivity index (χ3n) is 2.73. The van der Waals surface area contributed by atoms with E-state index < -0.39 is 11.7 Å². The minimum Gasteiger partial charge on any atom is -0.375 e. The van der Waals surface area contributed by atoms with Gasteiger partial charge in [0.25, 0.3) is 0 Å². The molecule has 0 radical (unpaired) electrons. The summed E-state index contributed by atoms with van der Waals surface area (Å²) in [5.41, 5.74) is -0.576. The summed E-state index contributed by atoms with van der Waals surface area (Å²) in [5.74, 6) is 0. The van der Waals surface area contributed by atoms with E-state index in [4.69, 9.17) is 10.00 Å². The van der Waals surface area contributed by atoms with Gasteiger partial charge in [0.2, 0.25) is 0 Å². The molecule has 0 aliphatic heterocycles. The molecule has 12 heavy (non-hydrogen) atoms. The molecule has 1 N–H and O–H groups in total. The molecule has 3 nitrogen and oxygen atoms in total. The first kappa shape index (κ1) is 9.50. The minimum absolute atomic E-state index is 0.576. The van der Waals surface area contributed by atoms with Crippen molar-refractivity contribution in [1.82, 2.24) is 0 Å². The second-order valence-corrected chi connectivity index (χ2v) is 3.36. The first-order valence-electron chi connectivity index (χ1n) is 4.38. The lowest BCUT2D eigenvalue weighted by atomic mass is 9.81. The van der Waals surface area contributed by atoms with Crippen LogP contribution in [0.3, 0.4) is 0 Å². The average Bonchev–Trinajstić information content (AvgIpc) is 2.17. The molecular formula is C9H15NO2. The fourth-order valence-electron chi connectivity index (χ4n) is 1.86. The number of aliphatic hydroxyl groups excluding tert-OH is 1. The molecule has 3 heteroatoms. The first-order valence-corrected chi connectivity index (χ1v) is 4.38. The van der Waals surface area contributed by atoms with E-state index in [1.807, 2.05) is 6.07 Å². The van der Waals surface area contributed by atoms with Crippen LogP contribution in [0.25, 0.3) is 0 Å². The fraction of sp³-hybridized carbons (Fsp3) is 0.889. The molecule has 1 atom stereocenters. The average molecular weight is 169 g/mol. The van der Waals surface area contributed by atoms with Gasteiger partial charge >= 0.3 is 0 Å². The molecule has 1 saturated carbocycles. The van der Waals surface area contributed by atoms with Crippen molar-refractivity contribution in [3.8, 4) is 6.07 Å². The highest BCUT2D eigenvalue weighted by Crippen LogP contribution is 2.33. The van der Waals surface area contributed by atoms with Crippen LogP contribution >= 0.6 is 0 Å². The van der Waals surface area contributed by atoms with E-state index in [-0.39, 0.29) is 0 Å². The molecule has 1 aliphatic rings. The van der Waals surface area contributed by atoms with Gasteiger partial charge in [-0.15, -0.1) is 0 Å². The summed E-state index contributed by atoms with van der Waals surface area (Å²) in [5, 5.41) is 18.1. The third kappa shape index (κ3) is 1.60. The lowest BCUT2D eigenvalue weighted by Crippen LogP contribution is -2.44. The number of hydrogen-bond donors (Lipinski definition) is 1. The Balaban J connectivity index is 2.67. The summed E-state index contributed by atoms with van der Waals surface area (Å²) in [4.78, 5) is 0. The second-order valence-electron chi connectivity index (χ2n) is 3.36. The largest absolute Gasteiger partial charge is 0.375 e. The van der Waals surface area contributed by atoms with E-state index >= 15 is 0 Å². The van der Waals surface area contributed by atoms with E-state index in [2.05, 4.69) is 0 Å². The van der Waals surface area contributed by atoms with Crippen LogP contribution < -0.4 is 0 Å². The molecule has 68 valence electrons. The predicted octanol–water partition coefficient (Wildman–Crippen LogP) is 1.22. The van der Waals surface area contributed by atoms with Crippen LogP contribution in [0.2, 0.25) is 0 Å². The van der Waals surface area contributed by atoms with Crippen LogP contribution in [0, 0.1) is 11.3 Å². The Morgan fingerprint density at radius 3 is 2.42 bits per heavy atom. The summed E-state index contributed by atoms with van der Waals surface area (Å²) < 4.78 is 5.26. The van der Waals surface area contributed by atoms with Gasteiger partial charge in [-0.25, -0.2) is 0 Å². The maximum atomic E-state index is 9.45. The van der Waals surface area contributed by atoms with Gasteiger partial charge in [0.15, 0.2) is 6.10 Å². The molecule has 0 spiro atoms. The molecule has 0 heterocycles. The van der Waals surface area contributed by atoms with E-state index in [0.29, 0.717) is 0 Å². The third-order valence-corrected chi connectivity index (χ3v) is 2.73. The Bertz CT molecular complexity index is 179. The monoisotopic (exact) mass is 169 g/mol. The number of methoxy groups -OCH3 is 1. The summed E-state index contributed by atoms with van der Waals surface area (Å²) >= 11 is 0. The van der Waals surface area contributed by atoms with E-state index in [9.17, 15) is 5.11 Å². The first-order chi connectivity index (χ1) is 5.75. The van der Waals surface area contributed by atoms with Gasteiger partial charge in [-0.05, 0) is 12.8 Å². The summed E-state index contributed by atoms with van der Waals surface area (Å²) in [6.07, 6.45) is 3.92. The lowest BCUT2D eigenvalue weighted by molar-refractivity contribution is -0.102. The van der Waals surface area contributed by atoms with Crippen molar-refractivity contribution < 1.29 is 9.84 Å². The predicted molar refractivity (Wildman–Crippen MR) is 44.4 cm³/mol. The highest BCUT2D eigenvalue weighted by molar-refractivity contribution is 5.01. The Morgan fingerprint density at radius 1 is 1.42 bits per heavy atom. The van der Waals surface area contributed by atoms with Crippen LogP contribution in [0.15, 0.2) is 0 Å². The SMILES string of the molecule is COC1(C(O)C#N)CCCCC1. The zero-order chi connectivity index (χ0) is 9.03. The van der Waals surface area contributed by atoms with Crippen molar-refractivity contribution in [3.63, 3.8) is 0 Å².